The fourth-order valence-electron chi connectivity index (χ4n) is 2.84. The van der Waals surface area contributed by atoms with Crippen LogP contribution in [0.5, 0.6) is 0 Å². The standard InChI is InChI=1S/C22H26N2O4/c1-15(2)13-19(25)24-20(17-11-7-4-8-12-17)21(26)23-18(22(27)28)14-16-9-5-3-6-10-16/h3-12,15,18,20H,13-14H2,1-2H3,(H,23,26)(H,24,25)(H,27,28). The largest absolute Gasteiger partial charge is 0.480 e. The molecule has 0 radical (unpaired) electrons. The summed E-state index contributed by atoms with van der Waals surface area (Å²) in [5.74, 6) is -1.79. The Morgan fingerprint density at radius 3 is 2.00 bits per heavy atom. The summed E-state index contributed by atoms with van der Waals surface area (Å²) in [5.41, 5.74) is 1.40. The second-order valence-electron chi connectivity index (χ2n) is 7.10. The van der Waals surface area contributed by atoms with Crippen LogP contribution in [0.25, 0.3) is 0 Å². The highest BCUT2D eigenvalue weighted by molar-refractivity contribution is 5.91. The maximum atomic E-state index is 12.9. The fraction of sp³-hybridized carbons (Fsp3) is 0.318. The first-order chi connectivity index (χ1) is 13.4. The van der Waals surface area contributed by atoms with Crippen molar-refractivity contribution in [3.63, 3.8) is 0 Å². The van der Waals surface area contributed by atoms with E-state index >= 15 is 0 Å². The Kier molecular flexibility index (Phi) is 7.75. The van der Waals surface area contributed by atoms with Crippen LogP contribution in [0.2, 0.25) is 0 Å². The lowest BCUT2D eigenvalue weighted by molar-refractivity contribution is -0.142. The summed E-state index contributed by atoms with van der Waals surface area (Å²) in [6.45, 7) is 3.83. The number of carbonyl (C=O) groups excluding carboxylic acids is 2. The highest BCUT2D eigenvalue weighted by atomic mass is 16.4. The Morgan fingerprint density at radius 2 is 1.46 bits per heavy atom. The number of aliphatic carboxylic acids is 1. The van der Waals surface area contributed by atoms with Crippen molar-refractivity contribution in [2.45, 2.75) is 38.8 Å². The zero-order valence-corrected chi connectivity index (χ0v) is 16.1. The summed E-state index contributed by atoms with van der Waals surface area (Å²) in [4.78, 5) is 36.8. The van der Waals surface area contributed by atoms with Gasteiger partial charge in [-0.25, -0.2) is 4.79 Å². The Bertz CT molecular complexity index is 791. The summed E-state index contributed by atoms with van der Waals surface area (Å²) < 4.78 is 0. The van der Waals surface area contributed by atoms with E-state index in [1.807, 2.05) is 38.1 Å². The molecule has 2 aromatic rings. The van der Waals surface area contributed by atoms with E-state index in [4.69, 9.17) is 0 Å². The van der Waals surface area contributed by atoms with E-state index in [0.717, 1.165) is 5.56 Å². The van der Waals surface area contributed by atoms with Crippen LogP contribution in [-0.2, 0) is 20.8 Å². The zero-order valence-electron chi connectivity index (χ0n) is 16.1. The van der Waals surface area contributed by atoms with Crippen molar-refractivity contribution >= 4 is 17.8 Å². The smallest absolute Gasteiger partial charge is 0.326 e. The van der Waals surface area contributed by atoms with E-state index in [0.29, 0.717) is 5.56 Å². The summed E-state index contributed by atoms with van der Waals surface area (Å²) in [6.07, 6.45) is 0.437. The maximum absolute atomic E-state index is 12.9. The van der Waals surface area contributed by atoms with E-state index in [1.165, 1.54) is 0 Å². The van der Waals surface area contributed by atoms with E-state index < -0.39 is 24.0 Å². The number of hydrogen-bond acceptors (Lipinski definition) is 3. The molecule has 2 atom stereocenters. The Balaban J connectivity index is 2.17. The molecule has 3 N–H and O–H groups in total. The van der Waals surface area contributed by atoms with E-state index in [9.17, 15) is 19.5 Å². The SMILES string of the molecule is CC(C)CC(=O)NC(C(=O)NC(Cc1ccccc1)C(=O)O)c1ccccc1. The lowest BCUT2D eigenvalue weighted by atomic mass is 10.0. The van der Waals surface area contributed by atoms with Crippen LogP contribution >= 0.6 is 0 Å². The molecule has 0 aliphatic rings. The number of amides is 2. The molecule has 2 unspecified atom stereocenters. The lowest BCUT2D eigenvalue weighted by Gasteiger charge is -2.22. The molecule has 0 aromatic heterocycles. The van der Waals surface area contributed by atoms with Crippen LogP contribution in [0.3, 0.4) is 0 Å². The molecule has 6 heteroatoms. The van der Waals surface area contributed by atoms with Crippen molar-refractivity contribution in [2.75, 3.05) is 0 Å². The fourth-order valence-corrected chi connectivity index (χ4v) is 2.84. The second-order valence-corrected chi connectivity index (χ2v) is 7.10. The number of benzene rings is 2. The summed E-state index contributed by atoms with van der Waals surface area (Å²) in [6, 6.07) is 15.8. The minimum Gasteiger partial charge on any atom is -0.480 e. The monoisotopic (exact) mass is 382 g/mol. The van der Waals surface area contributed by atoms with Crippen LogP contribution < -0.4 is 10.6 Å². The molecule has 0 aliphatic carbocycles. The summed E-state index contributed by atoms with van der Waals surface area (Å²) in [5, 5.41) is 14.8. The first-order valence-corrected chi connectivity index (χ1v) is 9.28. The molecule has 0 bridgehead atoms. The van der Waals surface area contributed by atoms with Gasteiger partial charge in [0.05, 0.1) is 0 Å². The molecule has 2 aromatic carbocycles. The molecule has 148 valence electrons. The molecule has 0 saturated heterocycles. The lowest BCUT2D eigenvalue weighted by Crippen LogP contribution is -2.48. The topological polar surface area (TPSA) is 95.5 Å². The highest BCUT2D eigenvalue weighted by Crippen LogP contribution is 2.15. The van der Waals surface area contributed by atoms with Gasteiger partial charge < -0.3 is 15.7 Å². The Hall–Kier alpha value is -3.15. The van der Waals surface area contributed by atoms with Crippen LogP contribution in [0.15, 0.2) is 60.7 Å². The van der Waals surface area contributed by atoms with Gasteiger partial charge in [-0.3, -0.25) is 9.59 Å². The van der Waals surface area contributed by atoms with Gasteiger partial charge in [0.15, 0.2) is 0 Å². The molecule has 0 fully saturated rings. The Morgan fingerprint density at radius 1 is 0.893 bits per heavy atom. The number of carbonyl (C=O) groups is 3. The molecule has 0 spiro atoms. The summed E-state index contributed by atoms with van der Waals surface area (Å²) >= 11 is 0. The molecular weight excluding hydrogens is 356 g/mol. The minimum atomic E-state index is -1.13. The molecule has 28 heavy (non-hydrogen) atoms. The van der Waals surface area contributed by atoms with E-state index in [2.05, 4.69) is 10.6 Å². The first kappa shape index (κ1) is 21.2. The van der Waals surface area contributed by atoms with Crippen molar-refractivity contribution in [1.82, 2.24) is 10.6 Å². The van der Waals surface area contributed by atoms with Gasteiger partial charge in [-0.15, -0.1) is 0 Å². The van der Waals surface area contributed by atoms with Gasteiger partial charge in [0.25, 0.3) is 0 Å². The molecule has 6 nitrogen and oxygen atoms in total. The number of carboxylic acid groups (broad SMARTS) is 1. The minimum absolute atomic E-state index is 0.143. The van der Waals surface area contributed by atoms with Crippen molar-refractivity contribution < 1.29 is 19.5 Å². The third kappa shape index (κ3) is 6.54. The van der Waals surface area contributed by atoms with Crippen LogP contribution in [0.4, 0.5) is 0 Å². The number of rotatable bonds is 9. The first-order valence-electron chi connectivity index (χ1n) is 9.28. The zero-order chi connectivity index (χ0) is 20.5. The quantitative estimate of drug-likeness (QED) is 0.621. The van der Waals surface area contributed by atoms with Crippen molar-refractivity contribution in [1.29, 1.82) is 0 Å². The predicted octanol–water partition coefficient (Wildman–Crippen LogP) is 2.70. The molecular formula is C22H26N2O4. The van der Waals surface area contributed by atoms with E-state index in [-0.39, 0.29) is 24.7 Å². The maximum Gasteiger partial charge on any atom is 0.326 e. The highest BCUT2D eigenvalue weighted by Gasteiger charge is 2.28. The van der Waals surface area contributed by atoms with E-state index in [1.54, 1.807) is 36.4 Å². The third-order valence-corrected chi connectivity index (χ3v) is 4.19. The molecule has 0 heterocycles. The molecule has 2 amide bonds. The van der Waals surface area contributed by atoms with Crippen LogP contribution in [0.1, 0.15) is 37.4 Å². The third-order valence-electron chi connectivity index (χ3n) is 4.19. The Labute approximate surface area is 165 Å². The average molecular weight is 382 g/mol. The van der Waals surface area contributed by atoms with Crippen LogP contribution in [-0.4, -0.2) is 28.9 Å². The molecule has 2 rings (SSSR count). The summed E-state index contributed by atoms with van der Waals surface area (Å²) in [7, 11) is 0. The van der Waals surface area contributed by atoms with Gasteiger partial charge >= 0.3 is 5.97 Å². The van der Waals surface area contributed by atoms with Crippen molar-refractivity contribution in [2.24, 2.45) is 5.92 Å². The van der Waals surface area contributed by atoms with Gasteiger partial charge in [-0.05, 0) is 17.0 Å². The van der Waals surface area contributed by atoms with Gasteiger partial charge in [0.1, 0.15) is 12.1 Å². The molecule has 0 saturated carbocycles. The normalized spacial score (nSPS) is 12.8. The van der Waals surface area contributed by atoms with Crippen molar-refractivity contribution in [3.05, 3.63) is 71.8 Å². The van der Waals surface area contributed by atoms with Gasteiger partial charge in [-0.2, -0.15) is 0 Å². The van der Waals surface area contributed by atoms with Crippen LogP contribution in [0, 0.1) is 5.92 Å². The average Bonchev–Trinajstić information content (AvgIpc) is 2.66. The number of carboxylic acids is 1. The van der Waals surface area contributed by atoms with Gasteiger partial charge in [-0.1, -0.05) is 74.5 Å². The number of hydrogen-bond donors (Lipinski definition) is 3. The van der Waals surface area contributed by atoms with Crippen molar-refractivity contribution in [3.8, 4) is 0 Å². The molecule has 0 aliphatic heterocycles. The van der Waals surface area contributed by atoms with Gasteiger partial charge in [0, 0.05) is 12.8 Å². The second kappa shape index (κ2) is 10.3. The predicted molar refractivity (Wildman–Crippen MR) is 106 cm³/mol. The van der Waals surface area contributed by atoms with Gasteiger partial charge in [0.2, 0.25) is 11.8 Å². The number of nitrogens with one attached hydrogen (secondary N) is 2.